The number of nitrogens with one attached hydrogen (secondary N) is 1. The van der Waals surface area contributed by atoms with Gasteiger partial charge in [-0.15, -0.1) is 0 Å². The zero-order valence-electron chi connectivity index (χ0n) is 12.3. The molecule has 2 fully saturated rings. The van der Waals surface area contributed by atoms with Crippen molar-refractivity contribution in [3.8, 4) is 0 Å². The molecular weight excluding hydrogens is 260 g/mol. The normalized spacial score (nSPS) is 23.1. The Morgan fingerprint density at radius 2 is 1.71 bits per heavy atom. The second-order valence-electron chi connectivity index (χ2n) is 6.40. The highest BCUT2D eigenvalue weighted by molar-refractivity contribution is 5.83. The molecule has 1 saturated carbocycles. The molecule has 1 aliphatic heterocycles. The fourth-order valence-electron chi connectivity index (χ4n) is 3.58. The summed E-state index contributed by atoms with van der Waals surface area (Å²) < 4.78 is 0. The Bertz CT molecular complexity index is 644. The summed E-state index contributed by atoms with van der Waals surface area (Å²) in [4.78, 5) is 2.45. The molecular formula is C18H22N2O. The molecule has 2 aliphatic rings. The Kier molecular flexibility index (Phi) is 3.21. The number of hydrogen-bond acceptors (Lipinski definition) is 3. The Balaban J connectivity index is 1.74. The molecule has 0 aromatic heterocycles. The summed E-state index contributed by atoms with van der Waals surface area (Å²) in [6.45, 7) is 4.06. The summed E-state index contributed by atoms with van der Waals surface area (Å²) in [6, 6.07) is 15.2. The van der Waals surface area contributed by atoms with Crippen LogP contribution in [-0.2, 0) is 0 Å². The molecule has 0 amide bonds. The van der Waals surface area contributed by atoms with E-state index in [0.29, 0.717) is 0 Å². The van der Waals surface area contributed by atoms with E-state index in [0.717, 1.165) is 39.0 Å². The third-order valence-electron chi connectivity index (χ3n) is 4.88. The van der Waals surface area contributed by atoms with E-state index in [1.165, 1.54) is 16.3 Å². The molecule has 1 atom stereocenters. The predicted molar refractivity (Wildman–Crippen MR) is 85.3 cm³/mol. The highest BCUT2D eigenvalue weighted by Crippen LogP contribution is 2.49. The van der Waals surface area contributed by atoms with E-state index >= 15 is 0 Å². The van der Waals surface area contributed by atoms with Crippen LogP contribution in [0.5, 0.6) is 0 Å². The van der Waals surface area contributed by atoms with Crippen LogP contribution in [0.25, 0.3) is 10.8 Å². The molecule has 0 spiro atoms. The summed E-state index contributed by atoms with van der Waals surface area (Å²) in [5, 5.41) is 16.7. The Hall–Kier alpha value is -1.42. The van der Waals surface area contributed by atoms with Crippen LogP contribution in [0, 0.1) is 0 Å². The topological polar surface area (TPSA) is 35.5 Å². The van der Waals surface area contributed by atoms with Crippen LogP contribution in [0.2, 0.25) is 0 Å². The fourth-order valence-corrected chi connectivity index (χ4v) is 3.58. The van der Waals surface area contributed by atoms with Crippen molar-refractivity contribution in [2.24, 2.45) is 0 Å². The lowest BCUT2D eigenvalue weighted by molar-refractivity contribution is 0.0221. The van der Waals surface area contributed by atoms with Gasteiger partial charge in [-0.1, -0.05) is 36.4 Å². The van der Waals surface area contributed by atoms with E-state index in [-0.39, 0.29) is 6.04 Å². The number of fused-ring (bicyclic) bond motifs is 1. The molecule has 1 unspecified atom stereocenters. The van der Waals surface area contributed by atoms with Crippen molar-refractivity contribution in [1.29, 1.82) is 0 Å². The van der Waals surface area contributed by atoms with Crippen molar-refractivity contribution in [2.75, 3.05) is 26.2 Å². The monoisotopic (exact) mass is 282 g/mol. The molecule has 1 saturated heterocycles. The molecule has 21 heavy (non-hydrogen) atoms. The van der Waals surface area contributed by atoms with Crippen LogP contribution in [0.3, 0.4) is 0 Å². The van der Waals surface area contributed by atoms with Crippen LogP contribution >= 0.6 is 0 Å². The number of aliphatic hydroxyl groups is 1. The van der Waals surface area contributed by atoms with Gasteiger partial charge < -0.3 is 10.4 Å². The van der Waals surface area contributed by atoms with Crippen molar-refractivity contribution in [2.45, 2.75) is 24.5 Å². The Morgan fingerprint density at radius 3 is 2.43 bits per heavy atom. The van der Waals surface area contributed by atoms with Gasteiger partial charge in [0.1, 0.15) is 0 Å². The first-order chi connectivity index (χ1) is 10.3. The summed E-state index contributed by atoms with van der Waals surface area (Å²) >= 11 is 0. The molecule has 1 heterocycles. The first-order valence-corrected chi connectivity index (χ1v) is 7.92. The zero-order chi connectivity index (χ0) is 14.3. The summed E-state index contributed by atoms with van der Waals surface area (Å²) in [5.74, 6) is 0. The maximum atomic E-state index is 10.8. The van der Waals surface area contributed by atoms with Gasteiger partial charge >= 0.3 is 0 Å². The van der Waals surface area contributed by atoms with Gasteiger partial charge in [-0.05, 0) is 35.2 Å². The van der Waals surface area contributed by atoms with Crippen molar-refractivity contribution >= 4 is 10.8 Å². The van der Waals surface area contributed by atoms with Gasteiger partial charge in [-0.25, -0.2) is 0 Å². The second-order valence-corrected chi connectivity index (χ2v) is 6.40. The second kappa shape index (κ2) is 5.09. The number of benzene rings is 2. The van der Waals surface area contributed by atoms with Crippen LogP contribution < -0.4 is 5.32 Å². The first kappa shape index (κ1) is 13.3. The van der Waals surface area contributed by atoms with E-state index in [9.17, 15) is 5.11 Å². The van der Waals surface area contributed by atoms with Crippen molar-refractivity contribution in [3.05, 3.63) is 48.0 Å². The van der Waals surface area contributed by atoms with E-state index in [1.54, 1.807) is 0 Å². The fraction of sp³-hybridized carbons (Fsp3) is 0.444. The summed E-state index contributed by atoms with van der Waals surface area (Å²) in [7, 11) is 0. The van der Waals surface area contributed by atoms with E-state index in [2.05, 4.69) is 52.7 Å². The Morgan fingerprint density at radius 1 is 1.00 bits per heavy atom. The van der Waals surface area contributed by atoms with Crippen molar-refractivity contribution in [1.82, 2.24) is 10.2 Å². The maximum absolute atomic E-state index is 10.8. The highest BCUT2D eigenvalue weighted by atomic mass is 16.3. The minimum atomic E-state index is -0.514. The van der Waals surface area contributed by atoms with Crippen molar-refractivity contribution < 1.29 is 5.11 Å². The molecule has 4 rings (SSSR count). The molecule has 0 bridgehead atoms. The molecule has 2 aromatic carbocycles. The van der Waals surface area contributed by atoms with E-state index in [4.69, 9.17) is 0 Å². The molecule has 3 nitrogen and oxygen atoms in total. The largest absolute Gasteiger partial charge is 0.388 e. The van der Waals surface area contributed by atoms with Gasteiger partial charge in [-0.2, -0.15) is 0 Å². The maximum Gasteiger partial charge on any atom is 0.0845 e. The molecule has 3 heteroatoms. The lowest BCUT2D eigenvalue weighted by Gasteiger charge is -2.38. The number of nitrogens with zero attached hydrogens (tertiary/aromatic N) is 1. The van der Waals surface area contributed by atoms with Crippen LogP contribution in [0.4, 0.5) is 0 Å². The average molecular weight is 282 g/mol. The highest BCUT2D eigenvalue weighted by Gasteiger charge is 2.50. The SMILES string of the molecule is OC1(C(c2ccc3ccccc3c2)N2CCNCC2)CC1. The van der Waals surface area contributed by atoms with Crippen LogP contribution in [0.15, 0.2) is 42.5 Å². The van der Waals surface area contributed by atoms with Gasteiger partial charge in [0.25, 0.3) is 0 Å². The third-order valence-corrected chi connectivity index (χ3v) is 4.88. The minimum absolute atomic E-state index is 0.143. The lowest BCUT2D eigenvalue weighted by atomic mass is 9.94. The first-order valence-electron chi connectivity index (χ1n) is 7.92. The quantitative estimate of drug-likeness (QED) is 0.907. The van der Waals surface area contributed by atoms with Crippen LogP contribution in [-0.4, -0.2) is 41.8 Å². The standard InChI is InChI=1S/C18H22N2O/c21-18(7-8-18)17(20-11-9-19-10-12-20)16-6-5-14-3-1-2-4-15(14)13-16/h1-6,13,17,19,21H,7-12H2. The third kappa shape index (κ3) is 2.46. The van der Waals surface area contributed by atoms with Gasteiger partial charge in [-0.3, -0.25) is 4.90 Å². The lowest BCUT2D eigenvalue weighted by Crippen LogP contribution is -2.48. The summed E-state index contributed by atoms with van der Waals surface area (Å²) in [6.07, 6.45) is 1.85. The average Bonchev–Trinajstić information content (AvgIpc) is 3.26. The van der Waals surface area contributed by atoms with Crippen molar-refractivity contribution in [3.63, 3.8) is 0 Å². The molecule has 110 valence electrons. The van der Waals surface area contributed by atoms with Crippen LogP contribution in [0.1, 0.15) is 24.4 Å². The minimum Gasteiger partial charge on any atom is -0.388 e. The number of piperazine rings is 1. The van der Waals surface area contributed by atoms with Gasteiger partial charge in [0, 0.05) is 26.2 Å². The van der Waals surface area contributed by atoms with Gasteiger partial charge in [0.05, 0.1) is 11.6 Å². The molecule has 2 aromatic rings. The van der Waals surface area contributed by atoms with Gasteiger partial charge in [0.2, 0.25) is 0 Å². The molecule has 0 radical (unpaired) electrons. The number of rotatable bonds is 3. The smallest absolute Gasteiger partial charge is 0.0845 e. The molecule has 1 aliphatic carbocycles. The summed E-state index contributed by atoms with van der Waals surface area (Å²) in [5.41, 5.74) is 0.746. The van der Waals surface area contributed by atoms with E-state index in [1.807, 2.05) is 0 Å². The van der Waals surface area contributed by atoms with Gasteiger partial charge in [0.15, 0.2) is 0 Å². The number of hydrogen-bond donors (Lipinski definition) is 2. The zero-order valence-corrected chi connectivity index (χ0v) is 12.3. The van der Waals surface area contributed by atoms with E-state index < -0.39 is 5.60 Å². The molecule has 2 N–H and O–H groups in total. The predicted octanol–water partition coefficient (Wildman–Crippen LogP) is 2.31. The Labute approximate surface area is 125 Å².